The molecule has 1 saturated carbocycles. The molecular weight excluding hydrogens is 240 g/mol. The second kappa shape index (κ2) is 5.33. The number of nitrogens with two attached hydrogens (primary N) is 1. The smallest absolute Gasteiger partial charge is 0.136 e. The SMILES string of the molecule is CCC(O)(CC)CNc1nc(C2CC2)nc(N)c1C. The van der Waals surface area contributed by atoms with Gasteiger partial charge >= 0.3 is 0 Å². The number of nitrogens with one attached hydrogen (secondary N) is 1. The maximum Gasteiger partial charge on any atom is 0.136 e. The second-order valence-electron chi connectivity index (χ2n) is 5.50. The maximum atomic E-state index is 10.3. The molecule has 1 heterocycles. The Morgan fingerprint density at radius 1 is 1.32 bits per heavy atom. The first-order valence-electron chi connectivity index (χ1n) is 7.09. The van der Waals surface area contributed by atoms with E-state index in [0.29, 0.717) is 31.1 Å². The molecule has 1 aromatic heterocycles. The Morgan fingerprint density at radius 2 is 1.95 bits per heavy atom. The zero-order valence-electron chi connectivity index (χ0n) is 12.0. The fourth-order valence-electron chi connectivity index (χ4n) is 2.00. The fraction of sp³-hybridized carbons (Fsp3) is 0.714. The van der Waals surface area contributed by atoms with E-state index in [4.69, 9.17) is 5.73 Å². The monoisotopic (exact) mass is 264 g/mol. The zero-order chi connectivity index (χ0) is 14.0. The number of hydrogen-bond donors (Lipinski definition) is 3. The van der Waals surface area contributed by atoms with Gasteiger partial charge in [0.1, 0.15) is 17.5 Å². The van der Waals surface area contributed by atoms with Crippen molar-refractivity contribution in [3.05, 3.63) is 11.4 Å². The molecule has 1 aromatic rings. The molecule has 5 heteroatoms. The number of hydrogen-bond acceptors (Lipinski definition) is 5. The van der Waals surface area contributed by atoms with Crippen molar-refractivity contribution in [2.24, 2.45) is 0 Å². The van der Waals surface area contributed by atoms with Gasteiger partial charge in [-0.2, -0.15) is 0 Å². The lowest BCUT2D eigenvalue weighted by molar-refractivity contribution is 0.0456. The van der Waals surface area contributed by atoms with Crippen LogP contribution in [0.25, 0.3) is 0 Å². The molecule has 0 bridgehead atoms. The summed E-state index contributed by atoms with van der Waals surface area (Å²) >= 11 is 0. The van der Waals surface area contributed by atoms with Gasteiger partial charge in [0, 0.05) is 18.0 Å². The van der Waals surface area contributed by atoms with Gasteiger partial charge in [-0.05, 0) is 32.6 Å². The summed E-state index contributed by atoms with van der Waals surface area (Å²) in [5.41, 5.74) is 6.11. The minimum atomic E-state index is -0.689. The molecule has 1 aliphatic rings. The van der Waals surface area contributed by atoms with Crippen LogP contribution in [0.4, 0.5) is 11.6 Å². The molecule has 0 spiro atoms. The standard InChI is InChI=1S/C14H24N4O/c1-4-14(19,5-2)8-16-12-9(3)11(15)17-13(18-12)10-6-7-10/h10,19H,4-8H2,1-3H3,(H3,15,16,17,18). The Hall–Kier alpha value is -1.36. The average Bonchev–Trinajstić information content (AvgIpc) is 3.24. The van der Waals surface area contributed by atoms with Crippen molar-refractivity contribution in [1.29, 1.82) is 0 Å². The molecule has 1 fully saturated rings. The van der Waals surface area contributed by atoms with Gasteiger partial charge in [0.15, 0.2) is 0 Å². The van der Waals surface area contributed by atoms with Crippen LogP contribution in [-0.2, 0) is 0 Å². The van der Waals surface area contributed by atoms with Crippen LogP contribution in [0.5, 0.6) is 0 Å². The van der Waals surface area contributed by atoms with E-state index in [2.05, 4.69) is 15.3 Å². The highest BCUT2D eigenvalue weighted by atomic mass is 16.3. The third kappa shape index (κ3) is 3.15. The van der Waals surface area contributed by atoms with E-state index in [1.807, 2.05) is 20.8 Å². The molecule has 0 aliphatic heterocycles. The van der Waals surface area contributed by atoms with Gasteiger partial charge in [-0.15, -0.1) is 0 Å². The van der Waals surface area contributed by atoms with E-state index in [1.54, 1.807) is 0 Å². The van der Waals surface area contributed by atoms with Crippen molar-refractivity contribution < 1.29 is 5.11 Å². The first kappa shape index (κ1) is 14.1. The van der Waals surface area contributed by atoms with Gasteiger partial charge in [0.2, 0.25) is 0 Å². The molecule has 0 atom stereocenters. The lowest BCUT2D eigenvalue weighted by Gasteiger charge is -2.26. The molecule has 0 radical (unpaired) electrons. The molecule has 0 unspecified atom stereocenters. The summed E-state index contributed by atoms with van der Waals surface area (Å²) in [5.74, 6) is 2.60. The largest absolute Gasteiger partial charge is 0.388 e. The van der Waals surface area contributed by atoms with Crippen molar-refractivity contribution in [3.63, 3.8) is 0 Å². The third-order valence-electron chi connectivity index (χ3n) is 4.04. The third-order valence-corrected chi connectivity index (χ3v) is 4.04. The van der Waals surface area contributed by atoms with E-state index in [9.17, 15) is 5.11 Å². The van der Waals surface area contributed by atoms with Gasteiger partial charge < -0.3 is 16.2 Å². The van der Waals surface area contributed by atoms with Crippen LogP contribution in [0, 0.1) is 6.92 Å². The molecule has 106 valence electrons. The van der Waals surface area contributed by atoms with Crippen molar-refractivity contribution in [2.75, 3.05) is 17.6 Å². The highest BCUT2D eigenvalue weighted by molar-refractivity contribution is 5.55. The van der Waals surface area contributed by atoms with E-state index in [1.165, 1.54) is 0 Å². The zero-order valence-corrected chi connectivity index (χ0v) is 12.0. The highest BCUT2D eigenvalue weighted by Gasteiger charge is 2.28. The minimum Gasteiger partial charge on any atom is -0.388 e. The summed E-state index contributed by atoms with van der Waals surface area (Å²) in [4.78, 5) is 8.90. The predicted octanol–water partition coefficient (Wildman–Crippen LogP) is 2.21. The first-order chi connectivity index (χ1) is 8.99. The van der Waals surface area contributed by atoms with Crippen LogP contribution in [0.2, 0.25) is 0 Å². The van der Waals surface area contributed by atoms with Gasteiger partial charge in [0.25, 0.3) is 0 Å². The number of anilines is 2. The predicted molar refractivity (Wildman–Crippen MR) is 77.2 cm³/mol. The summed E-state index contributed by atoms with van der Waals surface area (Å²) in [5, 5.41) is 13.5. The van der Waals surface area contributed by atoms with Crippen molar-refractivity contribution in [3.8, 4) is 0 Å². The first-order valence-corrected chi connectivity index (χ1v) is 7.09. The van der Waals surface area contributed by atoms with Crippen LogP contribution in [0.3, 0.4) is 0 Å². The normalized spacial score (nSPS) is 15.6. The summed E-state index contributed by atoms with van der Waals surface area (Å²) in [6.45, 7) is 6.37. The summed E-state index contributed by atoms with van der Waals surface area (Å²) in [7, 11) is 0. The number of aliphatic hydroxyl groups is 1. The van der Waals surface area contributed by atoms with E-state index in [-0.39, 0.29) is 0 Å². The summed E-state index contributed by atoms with van der Waals surface area (Å²) in [6.07, 6.45) is 3.72. The number of nitrogen functional groups attached to an aromatic ring is 1. The van der Waals surface area contributed by atoms with Crippen molar-refractivity contribution in [1.82, 2.24) is 9.97 Å². The lowest BCUT2D eigenvalue weighted by atomic mass is 9.97. The Labute approximate surface area is 114 Å². The van der Waals surface area contributed by atoms with E-state index < -0.39 is 5.60 Å². The van der Waals surface area contributed by atoms with E-state index in [0.717, 1.165) is 30.0 Å². The molecule has 5 nitrogen and oxygen atoms in total. The van der Waals surface area contributed by atoms with E-state index >= 15 is 0 Å². The summed E-state index contributed by atoms with van der Waals surface area (Å²) < 4.78 is 0. The van der Waals surface area contributed by atoms with Crippen molar-refractivity contribution in [2.45, 2.75) is 58.0 Å². The average molecular weight is 264 g/mol. The topological polar surface area (TPSA) is 84.1 Å². The second-order valence-corrected chi connectivity index (χ2v) is 5.50. The molecule has 4 N–H and O–H groups in total. The molecule has 0 saturated heterocycles. The molecule has 2 rings (SSSR count). The Bertz CT molecular complexity index is 453. The Morgan fingerprint density at radius 3 is 2.47 bits per heavy atom. The highest BCUT2D eigenvalue weighted by Crippen LogP contribution is 2.39. The summed E-state index contributed by atoms with van der Waals surface area (Å²) in [6, 6.07) is 0. The fourth-order valence-corrected chi connectivity index (χ4v) is 2.00. The maximum absolute atomic E-state index is 10.3. The van der Waals surface area contributed by atoms with Gasteiger partial charge in [-0.25, -0.2) is 9.97 Å². The minimum absolute atomic E-state index is 0.472. The Balaban J connectivity index is 2.15. The van der Waals surface area contributed by atoms with Crippen LogP contribution in [0.1, 0.15) is 56.8 Å². The molecular formula is C14H24N4O. The molecule has 1 aliphatic carbocycles. The number of nitrogens with zero attached hydrogens (tertiary/aromatic N) is 2. The van der Waals surface area contributed by atoms with Crippen LogP contribution < -0.4 is 11.1 Å². The lowest BCUT2D eigenvalue weighted by Crippen LogP contribution is -2.35. The Kier molecular flexibility index (Phi) is 3.94. The molecule has 0 aromatic carbocycles. The number of aromatic nitrogens is 2. The van der Waals surface area contributed by atoms with Crippen LogP contribution >= 0.6 is 0 Å². The van der Waals surface area contributed by atoms with Crippen LogP contribution in [0.15, 0.2) is 0 Å². The van der Waals surface area contributed by atoms with Gasteiger partial charge in [-0.1, -0.05) is 13.8 Å². The van der Waals surface area contributed by atoms with Gasteiger partial charge in [0.05, 0.1) is 5.60 Å². The van der Waals surface area contributed by atoms with Crippen LogP contribution in [-0.4, -0.2) is 27.2 Å². The quantitative estimate of drug-likeness (QED) is 0.733. The van der Waals surface area contributed by atoms with Gasteiger partial charge in [-0.3, -0.25) is 0 Å². The number of rotatable bonds is 6. The van der Waals surface area contributed by atoms with Crippen molar-refractivity contribution >= 4 is 11.6 Å². The molecule has 0 amide bonds. The molecule has 19 heavy (non-hydrogen) atoms.